The molecule has 0 N–H and O–H groups in total. The Morgan fingerprint density at radius 1 is 1.03 bits per heavy atom. The molecule has 0 bridgehead atoms. The van der Waals surface area contributed by atoms with Crippen LogP contribution in [0.2, 0.25) is 0 Å². The van der Waals surface area contributed by atoms with Gasteiger partial charge in [0.05, 0.1) is 6.61 Å². The lowest BCUT2D eigenvalue weighted by molar-refractivity contribution is -0.0140. The van der Waals surface area contributed by atoms with Crippen LogP contribution in [0, 0.1) is 5.82 Å². The maximum Gasteiger partial charge on any atom is 0.123 e. The van der Waals surface area contributed by atoms with Crippen molar-refractivity contribution in [2.75, 3.05) is 33.7 Å². The van der Waals surface area contributed by atoms with Gasteiger partial charge in [-0.1, -0.05) is 36.8 Å². The lowest BCUT2D eigenvalue weighted by Crippen LogP contribution is -2.29. The van der Waals surface area contributed by atoms with Crippen molar-refractivity contribution in [1.29, 1.82) is 0 Å². The fourth-order valence-electron chi connectivity index (χ4n) is 4.87. The molecular formula is C25H33FN2O. The summed E-state index contributed by atoms with van der Waals surface area (Å²) < 4.78 is 20.1. The van der Waals surface area contributed by atoms with Gasteiger partial charge in [0.2, 0.25) is 0 Å². The lowest BCUT2D eigenvalue weighted by atomic mass is 9.81. The first-order chi connectivity index (χ1) is 14.1. The molecule has 1 atom stereocenters. The molecule has 4 rings (SSSR count). The quantitative estimate of drug-likeness (QED) is 0.660. The van der Waals surface area contributed by atoms with E-state index in [9.17, 15) is 4.39 Å². The average Bonchev–Trinajstić information content (AvgIpc) is 3.08. The van der Waals surface area contributed by atoms with Crippen molar-refractivity contribution in [3.8, 4) is 0 Å². The standard InChI is InChI=1S/C25H33FN2O/c1-27(2)14-6-13-25(22-8-10-23(26)11-9-22)24-12-7-20(17-21(24)19-29-25)18-28-15-4-3-5-16-28/h7-12,17H,3-6,13-16,18-19H2,1-2H3. The third-order valence-corrected chi connectivity index (χ3v) is 6.38. The lowest BCUT2D eigenvalue weighted by Gasteiger charge is -2.31. The number of likely N-dealkylation sites (tertiary alicyclic amines) is 1. The Bertz CT molecular complexity index is 814. The van der Waals surface area contributed by atoms with Crippen LogP contribution in [0.5, 0.6) is 0 Å². The largest absolute Gasteiger partial charge is 0.361 e. The van der Waals surface area contributed by atoms with Crippen LogP contribution in [0.15, 0.2) is 42.5 Å². The zero-order chi connectivity index (χ0) is 20.3. The van der Waals surface area contributed by atoms with Crippen molar-refractivity contribution in [2.45, 2.75) is 50.9 Å². The van der Waals surface area contributed by atoms with Gasteiger partial charge in [0.15, 0.2) is 0 Å². The first kappa shape index (κ1) is 20.5. The summed E-state index contributed by atoms with van der Waals surface area (Å²) in [5, 5.41) is 0. The Morgan fingerprint density at radius 2 is 1.79 bits per heavy atom. The Balaban J connectivity index is 1.61. The molecule has 1 unspecified atom stereocenters. The second kappa shape index (κ2) is 8.95. The van der Waals surface area contributed by atoms with E-state index in [1.165, 1.54) is 49.0 Å². The zero-order valence-corrected chi connectivity index (χ0v) is 17.8. The summed E-state index contributed by atoms with van der Waals surface area (Å²) in [5.74, 6) is -0.202. The molecule has 3 nitrogen and oxygen atoms in total. The molecule has 2 aromatic carbocycles. The summed E-state index contributed by atoms with van der Waals surface area (Å²) >= 11 is 0. The molecule has 2 aromatic rings. The van der Waals surface area contributed by atoms with E-state index in [0.717, 1.165) is 31.5 Å². The van der Waals surface area contributed by atoms with Crippen molar-refractivity contribution in [3.05, 3.63) is 70.5 Å². The third kappa shape index (κ3) is 4.55. The van der Waals surface area contributed by atoms with E-state index in [1.54, 1.807) is 12.1 Å². The van der Waals surface area contributed by atoms with Crippen LogP contribution in [0.3, 0.4) is 0 Å². The summed E-state index contributed by atoms with van der Waals surface area (Å²) in [7, 11) is 4.20. The molecule has 0 aromatic heterocycles. The van der Waals surface area contributed by atoms with Gasteiger partial charge in [-0.05, 0) is 93.8 Å². The molecule has 0 amide bonds. The van der Waals surface area contributed by atoms with E-state index in [-0.39, 0.29) is 5.82 Å². The Kier molecular flexibility index (Phi) is 6.33. The van der Waals surface area contributed by atoms with E-state index < -0.39 is 5.60 Å². The highest BCUT2D eigenvalue weighted by Crippen LogP contribution is 2.45. The highest BCUT2D eigenvalue weighted by atomic mass is 19.1. The second-order valence-corrected chi connectivity index (χ2v) is 8.86. The molecule has 2 aliphatic rings. The number of benzene rings is 2. The smallest absolute Gasteiger partial charge is 0.123 e. The van der Waals surface area contributed by atoms with Crippen LogP contribution < -0.4 is 0 Å². The predicted molar refractivity (Wildman–Crippen MR) is 115 cm³/mol. The SMILES string of the molecule is CN(C)CCCC1(c2ccc(F)cc2)OCc2cc(CN3CCCCC3)ccc21. The minimum absolute atomic E-state index is 0.202. The Morgan fingerprint density at radius 3 is 2.52 bits per heavy atom. The molecule has 4 heteroatoms. The maximum absolute atomic E-state index is 13.6. The van der Waals surface area contributed by atoms with Crippen LogP contribution in [-0.4, -0.2) is 43.5 Å². The fraction of sp³-hybridized carbons (Fsp3) is 0.520. The van der Waals surface area contributed by atoms with Crippen molar-refractivity contribution in [2.24, 2.45) is 0 Å². The van der Waals surface area contributed by atoms with E-state index in [2.05, 4.69) is 42.1 Å². The average molecular weight is 397 g/mol. The van der Waals surface area contributed by atoms with Crippen LogP contribution in [-0.2, 0) is 23.5 Å². The van der Waals surface area contributed by atoms with Gasteiger partial charge in [0.1, 0.15) is 11.4 Å². The molecule has 0 spiro atoms. The highest BCUT2D eigenvalue weighted by Gasteiger charge is 2.41. The van der Waals surface area contributed by atoms with Crippen molar-refractivity contribution in [1.82, 2.24) is 9.80 Å². The van der Waals surface area contributed by atoms with E-state index in [0.29, 0.717) is 6.61 Å². The van der Waals surface area contributed by atoms with Gasteiger partial charge >= 0.3 is 0 Å². The van der Waals surface area contributed by atoms with Crippen molar-refractivity contribution < 1.29 is 9.13 Å². The van der Waals surface area contributed by atoms with Gasteiger partial charge < -0.3 is 9.64 Å². The number of hydrogen-bond acceptors (Lipinski definition) is 3. The summed E-state index contributed by atoms with van der Waals surface area (Å²) in [5.41, 5.74) is 4.50. The molecule has 0 saturated carbocycles. The minimum atomic E-state index is -0.470. The zero-order valence-electron chi connectivity index (χ0n) is 17.8. The molecule has 1 fully saturated rings. The Hall–Kier alpha value is -1.75. The number of rotatable bonds is 7. The first-order valence-corrected chi connectivity index (χ1v) is 11.0. The number of fused-ring (bicyclic) bond motifs is 1. The molecule has 156 valence electrons. The summed E-state index contributed by atoms with van der Waals surface area (Å²) in [6, 6.07) is 13.8. The first-order valence-electron chi connectivity index (χ1n) is 11.0. The summed E-state index contributed by atoms with van der Waals surface area (Å²) in [4.78, 5) is 4.77. The highest BCUT2D eigenvalue weighted by molar-refractivity contribution is 5.45. The Labute approximate surface area is 174 Å². The van der Waals surface area contributed by atoms with E-state index in [1.807, 2.05) is 12.1 Å². The maximum atomic E-state index is 13.6. The predicted octanol–water partition coefficient (Wildman–Crippen LogP) is 4.93. The van der Waals surface area contributed by atoms with Gasteiger partial charge in [0, 0.05) is 6.54 Å². The molecule has 2 aliphatic heterocycles. The molecular weight excluding hydrogens is 363 g/mol. The van der Waals surface area contributed by atoms with Gasteiger partial charge in [-0.3, -0.25) is 4.90 Å². The van der Waals surface area contributed by atoms with E-state index in [4.69, 9.17) is 4.74 Å². The molecule has 0 radical (unpaired) electrons. The molecule has 29 heavy (non-hydrogen) atoms. The summed E-state index contributed by atoms with van der Waals surface area (Å²) in [6.07, 6.45) is 5.91. The van der Waals surface area contributed by atoms with Gasteiger partial charge in [-0.25, -0.2) is 4.39 Å². The topological polar surface area (TPSA) is 15.7 Å². The van der Waals surface area contributed by atoms with Gasteiger partial charge in [-0.2, -0.15) is 0 Å². The monoisotopic (exact) mass is 396 g/mol. The molecule has 0 aliphatic carbocycles. The van der Waals surface area contributed by atoms with Gasteiger partial charge in [0.25, 0.3) is 0 Å². The number of halogens is 1. The minimum Gasteiger partial charge on any atom is -0.361 e. The van der Waals surface area contributed by atoms with Crippen molar-refractivity contribution in [3.63, 3.8) is 0 Å². The van der Waals surface area contributed by atoms with Gasteiger partial charge in [-0.15, -0.1) is 0 Å². The summed E-state index contributed by atoms with van der Waals surface area (Å²) in [6.45, 7) is 5.07. The molecule has 2 heterocycles. The van der Waals surface area contributed by atoms with Crippen LogP contribution in [0.25, 0.3) is 0 Å². The van der Waals surface area contributed by atoms with E-state index >= 15 is 0 Å². The number of hydrogen-bond donors (Lipinski definition) is 0. The van der Waals surface area contributed by atoms with Crippen LogP contribution >= 0.6 is 0 Å². The second-order valence-electron chi connectivity index (χ2n) is 8.86. The number of nitrogens with zero attached hydrogens (tertiary/aromatic N) is 2. The normalized spacial score (nSPS) is 22.2. The number of piperidine rings is 1. The van der Waals surface area contributed by atoms with Crippen LogP contribution in [0.4, 0.5) is 4.39 Å². The fourth-order valence-corrected chi connectivity index (χ4v) is 4.87. The molecule has 1 saturated heterocycles. The van der Waals surface area contributed by atoms with Crippen molar-refractivity contribution >= 4 is 0 Å². The number of ether oxygens (including phenoxy) is 1. The van der Waals surface area contributed by atoms with Crippen LogP contribution in [0.1, 0.15) is 54.4 Å². The third-order valence-electron chi connectivity index (χ3n) is 6.38.